The molecule has 0 radical (unpaired) electrons. The number of rotatable bonds is 4. The van der Waals surface area contributed by atoms with E-state index in [0.717, 1.165) is 76.8 Å². The van der Waals surface area contributed by atoms with Gasteiger partial charge in [-0.2, -0.15) is 4.98 Å². The van der Waals surface area contributed by atoms with Crippen LogP contribution in [0.1, 0.15) is 50.3 Å². The molecule has 1 saturated carbocycles. The lowest BCUT2D eigenvalue weighted by atomic mass is 9.92. The van der Waals surface area contributed by atoms with Gasteiger partial charge in [0.1, 0.15) is 0 Å². The molecule has 4 fully saturated rings. The maximum atomic E-state index is 12.9. The lowest BCUT2D eigenvalue weighted by Crippen LogP contribution is -2.52. The third-order valence-corrected chi connectivity index (χ3v) is 6.75. The topological polar surface area (TPSA) is 74.9 Å². The van der Waals surface area contributed by atoms with E-state index in [9.17, 15) is 4.79 Å². The zero-order valence-electron chi connectivity index (χ0n) is 16.6. The molecule has 3 saturated heterocycles. The van der Waals surface area contributed by atoms with Crippen LogP contribution in [0.15, 0.2) is 4.52 Å². The number of anilines is 1. The van der Waals surface area contributed by atoms with Crippen LogP contribution >= 0.6 is 0 Å². The third kappa shape index (κ3) is 3.89. The Kier molecular flexibility index (Phi) is 5.24. The number of aromatic nitrogens is 2. The molecule has 5 rings (SSSR count). The van der Waals surface area contributed by atoms with Gasteiger partial charge in [0, 0.05) is 44.7 Å². The van der Waals surface area contributed by atoms with Gasteiger partial charge in [-0.25, -0.2) is 0 Å². The molecule has 28 heavy (non-hydrogen) atoms. The maximum Gasteiger partial charge on any atom is 0.266 e. The lowest BCUT2D eigenvalue weighted by Gasteiger charge is -2.42. The van der Waals surface area contributed by atoms with Crippen molar-refractivity contribution in [1.82, 2.24) is 19.9 Å². The normalized spacial score (nSPS) is 27.9. The first-order chi connectivity index (χ1) is 13.8. The molecule has 4 heterocycles. The van der Waals surface area contributed by atoms with Crippen molar-refractivity contribution in [3.63, 3.8) is 0 Å². The van der Waals surface area contributed by atoms with Gasteiger partial charge in [0.15, 0.2) is 0 Å². The number of morpholine rings is 1. The summed E-state index contributed by atoms with van der Waals surface area (Å²) in [6, 6.07) is 0.561. The molecule has 1 atom stereocenters. The summed E-state index contributed by atoms with van der Waals surface area (Å²) in [4.78, 5) is 24.3. The zero-order chi connectivity index (χ0) is 18.9. The highest BCUT2D eigenvalue weighted by Crippen LogP contribution is 2.39. The second-order valence-electron chi connectivity index (χ2n) is 8.70. The summed E-state index contributed by atoms with van der Waals surface area (Å²) in [5.74, 6) is 2.58. The van der Waals surface area contributed by atoms with Gasteiger partial charge in [-0.05, 0) is 50.2 Å². The predicted octanol–water partition coefficient (Wildman–Crippen LogP) is 1.49. The van der Waals surface area contributed by atoms with Crippen LogP contribution in [0.25, 0.3) is 0 Å². The van der Waals surface area contributed by atoms with E-state index < -0.39 is 0 Å². The molecule has 1 amide bonds. The van der Waals surface area contributed by atoms with Gasteiger partial charge in [0.05, 0.1) is 19.1 Å². The van der Waals surface area contributed by atoms with Gasteiger partial charge in [-0.3, -0.25) is 9.69 Å². The summed E-state index contributed by atoms with van der Waals surface area (Å²) in [5.41, 5.74) is 0. The highest BCUT2D eigenvalue weighted by molar-refractivity contribution is 5.79. The first-order valence-electron chi connectivity index (χ1n) is 11.0. The number of hydrogen-bond donors (Lipinski definition) is 0. The van der Waals surface area contributed by atoms with Crippen molar-refractivity contribution in [3.05, 3.63) is 5.89 Å². The molecule has 0 spiro atoms. The molecule has 3 aliphatic heterocycles. The lowest BCUT2D eigenvalue weighted by molar-refractivity contribution is -0.141. The van der Waals surface area contributed by atoms with Crippen LogP contribution in [0.5, 0.6) is 0 Å². The standard InChI is InChI=1S/C20H31N5O3/c26-19(23-10-12-27-13-11-23)16-2-1-7-25(14-16)17-5-8-24(9-6-17)20-21-18(28-22-20)15-3-4-15/h15-17H,1-14H2/t16-/m1/s1. The van der Waals surface area contributed by atoms with E-state index in [2.05, 4.69) is 19.9 Å². The molecular formula is C20H31N5O3. The van der Waals surface area contributed by atoms with E-state index in [-0.39, 0.29) is 5.92 Å². The third-order valence-electron chi connectivity index (χ3n) is 6.75. The number of nitrogens with zero attached hydrogens (tertiary/aromatic N) is 5. The summed E-state index contributed by atoms with van der Waals surface area (Å²) in [6.45, 7) is 6.82. The van der Waals surface area contributed by atoms with Gasteiger partial charge < -0.3 is 19.1 Å². The smallest absolute Gasteiger partial charge is 0.266 e. The van der Waals surface area contributed by atoms with E-state index in [1.807, 2.05) is 4.90 Å². The molecule has 1 aromatic rings. The monoisotopic (exact) mass is 389 g/mol. The summed E-state index contributed by atoms with van der Waals surface area (Å²) in [6.07, 6.45) is 6.72. The molecule has 0 aromatic carbocycles. The molecule has 1 aromatic heterocycles. The number of carbonyl (C=O) groups excluding carboxylic acids is 1. The Morgan fingerprint density at radius 1 is 0.964 bits per heavy atom. The molecule has 0 bridgehead atoms. The van der Waals surface area contributed by atoms with Crippen molar-refractivity contribution in [2.75, 3.05) is 57.4 Å². The number of piperidine rings is 2. The largest absolute Gasteiger partial charge is 0.378 e. The first-order valence-corrected chi connectivity index (χ1v) is 11.0. The Labute approximate surface area is 166 Å². The number of carbonyl (C=O) groups is 1. The quantitative estimate of drug-likeness (QED) is 0.772. The van der Waals surface area contributed by atoms with Crippen LogP contribution in [-0.2, 0) is 9.53 Å². The molecule has 154 valence electrons. The fourth-order valence-corrected chi connectivity index (χ4v) is 4.86. The molecular weight excluding hydrogens is 358 g/mol. The number of likely N-dealkylation sites (tertiary alicyclic amines) is 1. The molecule has 1 aliphatic carbocycles. The van der Waals surface area contributed by atoms with Crippen LogP contribution in [0.3, 0.4) is 0 Å². The molecule has 8 heteroatoms. The Morgan fingerprint density at radius 3 is 2.50 bits per heavy atom. The van der Waals surface area contributed by atoms with Crippen LogP contribution in [-0.4, -0.2) is 84.4 Å². The van der Waals surface area contributed by atoms with Gasteiger partial charge >= 0.3 is 0 Å². The Bertz CT molecular complexity index is 677. The Balaban J connectivity index is 1.14. The second-order valence-corrected chi connectivity index (χ2v) is 8.70. The van der Waals surface area contributed by atoms with Crippen molar-refractivity contribution in [1.29, 1.82) is 0 Å². The van der Waals surface area contributed by atoms with Crippen LogP contribution < -0.4 is 4.90 Å². The maximum absolute atomic E-state index is 12.9. The average molecular weight is 390 g/mol. The van der Waals surface area contributed by atoms with E-state index in [1.54, 1.807) is 0 Å². The average Bonchev–Trinajstić information content (AvgIpc) is 3.51. The Hall–Kier alpha value is -1.67. The van der Waals surface area contributed by atoms with Crippen molar-refractivity contribution in [2.45, 2.75) is 50.5 Å². The second kappa shape index (κ2) is 7.99. The van der Waals surface area contributed by atoms with Gasteiger partial charge in [-0.1, -0.05) is 0 Å². The van der Waals surface area contributed by atoms with Gasteiger partial charge in [-0.15, -0.1) is 0 Å². The minimum absolute atomic E-state index is 0.156. The molecule has 4 aliphatic rings. The minimum atomic E-state index is 0.156. The molecule has 0 unspecified atom stereocenters. The first kappa shape index (κ1) is 18.4. The minimum Gasteiger partial charge on any atom is -0.378 e. The summed E-state index contributed by atoms with van der Waals surface area (Å²) < 4.78 is 10.8. The van der Waals surface area contributed by atoms with Crippen molar-refractivity contribution in [2.24, 2.45) is 5.92 Å². The highest BCUT2D eigenvalue weighted by Gasteiger charge is 2.35. The van der Waals surface area contributed by atoms with Crippen molar-refractivity contribution >= 4 is 11.9 Å². The SMILES string of the molecule is O=C([C@@H]1CCCN(C2CCN(c3noc(C4CC4)n3)CC2)C1)N1CCOCC1. The van der Waals surface area contributed by atoms with E-state index >= 15 is 0 Å². The zero-order valence-corrected chi connectivity index (χ0v) is 16.6. The van der Waals surface area contributed by atoms with Crippen molar-refractivity contribution < 1.29 is 14.1 Å². The molecule has 8 nitrogen and oxygen atoms in total. The number of hydrogen-bond acceptors (Lipinski definition) is 7. The number of ether oxygens (including phenoxy) is 1. The highest BCUT2D eigenvalue weighted by atomic mass is 16.5. The van der Waals surface area contributed by atoms with Crippen LogP contribution in [0.4, 0.5) is 5.95 Å². The summed E-state index contributed by atoms with van der Waals surface area (Å²) in [5, 5.41) is 4.19. The van der Waals surface area contributed by atoms with E-state index in [0.29, 0.717) is 31.1 Å². The fraction of sp³-hybridized carbons (Fsp3) is 0.850. The van der Waals surface area contributed by atoms with Crippen LogP contribution in [0, 0.1) is 5.92 Å². The predicted molar refractivity (Wildman–Crippen MR) is 103 cm³/mol. The van der Waals surface area contributed by atoms with E-state index in [4.69, 9.17) is 9.26 Å². The van der Waals surface area contributed by atoms with Gasteiger partial charge in [0.2, 0.25) is 11.8 Å². The Morgan fingerprint density at radius 2 is 1.75 bits per heavy atom. The van der Waals surface area contributed by atoms with Gasteiger partial charge in [0.25, 0.3) is 5.95 Å². The fourth-order valence-electron chi connectivity index (χ4n) is 4.86. The van der Waals surface area contributed by atoms with Crippen LogP contribution in [0.2, 0.25) is 0 Å². The molecule has 0 N–H and O–H groups in total. The van der Waals surface area contributed by atoms with Crippen molar-refractivity contribution in [3.8, 4) is 0 Å². The number of amides is 1. The van der Waals surface area contributed by atoms with E-state index in [1.165, 1.54) is 12.8 Å². The summed E-state index contributed by atoms with van der Waals surface area (Å²) >= 11 is 0. The summed E-state index contributed by atoms with van der Waals surface area (Å²) in [7, 11) is 0.